The third-order valence-electron chi connectivity index (χ3n) is 4.67. The molecular weight excluding hydrogens is 358 g/mol. The second-order valence-corrected chi connectivity index (χ2v) is 8.93. The fourth-order valence-electron chi connectivity index (χ4n) is 3.49. The summed E-state index contributed by atoms with van der Waals surface area (Å²) in [5, 5.41) is 2.99. The van der Waals surface area contributed by atoms with E-state index >= 15 is 0 Å². The molecule has 3 amide bonds. The van der Waals surface area contributed by atoms with Gasteiger partial charge in [0.05, 0.1) is 28.7 Å². The second-order valence-electron chi connectivity index (χ2n) is 6.70. The van der Waals surface area contributed by atoms with Gasteiger partial charge in [-0.3, -0.25) is 24.3 Å². The Kier molecular flexibility index (Phi) is 4.85. The SMILES string of the molecule is CN(C)N(C(=O)CCN1C(=O)c2ccccc2C1=O)[C@@H]1CCS(=O)(=O)C1. The zero-order chi connectivity index (χ0) is 19.1. The van der Waals surface area contributed by atoms with Crippen molar-refractivity contribution in [3.8, 4) is 0 Å². The van der Waals surface area contributed by atoms with Crippen LogP contribution in [-0.4, -0.2) is 79.2 Å². The number of sulfone groups is 1. The topological polar surface area (TPSA) is 95.1 Å². The van der Waals surface area contributed by atoms with E-state index in [1.807, 2.05) is 0 Å². The summed E-state index contributed by atoms with van der Waals surface area (Å²) >= 11 is 0. The van der Waals surface area contributed by atoms with Gasteiger partial charge < -0.3 is 0 Å². The predicted octanol–water partition coefficient (Wildman–Crippen LogP) is 0.165. The van der Waals surface area contributed by atoms with Gasteiger partial charge in [-0.25, -0.2) is 13.4 Å². The van der Waals surface area contributed by atoms with Crippen LogP contribution in [0, 0.1) is 0 Å². The average Bonchev–Trinajstić information content (AvgIpc) is 3.04. The number of nitrogens with zero attached hydrogens (tertiary/aromatic N) is 3. The summed E-state index contributed by atoms with van der Waals surface area (Å²) in [6, 6.07) is 6.14. The van der Waals surface area contributed by atoms with Crippen LogP contribution in [0.15, 0.2) is 24.3 Å². The van der Waals surface area contributed by atoms with Crippen LogP contribution in [0.2, 0.25) is 0 Å². The number of fused-ring (bicyclic) bond motifs is 1. The minimum atomic E-state index is -3.13. The van der Waals surface area contributed by atoms with Crippen molar-refractivity contribution < 1.29 is 22.8 Å². The largest absolute Gasteiger partial charge is 0.274 e. The molecule has 1 aromatic carbocycles. The summed E-state index contributed by atoms with van der Waals surface area (Å²) in [6.45, 7) is -0.0327. The number of benzene rings is 1. The highest BCUT2D eigenvalue weighted by atomic mass is 32.2. The van der Waals surface area contributed by atoms with Crippen molar-refractivity contribution in [2.24, 2.45) is 0 Å². The lowest BCUT2D eigenvalue weighted by Gasteiger charge is -2.34. The maximum Gasteiger partial charge on any atom is 0.261 e. The number of hydrazine groups is 1. The predicted molar refractivity (Wildman–Crippen MR) is 94.0 cm³/mol. The van der Waals surface area contributed by atoms with Crippen molar-refractivity contribution in [1.29, 1.82) is 0 Å². The molecule has 26 heavy (non-hydrogen) atoms. The van der Waals surface area contributed by atoms with Crippen LogP contribution in [0.25, 0.3) is 0 Å². The van der Waals surface area contributed by atoms with Crippen molar-refractivity contribution in [1.82, 2.24) is 14.9 Å². The fourth-order valence-corrected chi connectivity index (χ4v) is 5.18. The monoisotopic (exact) mass is 379 g/mol. The number of carbonyl (C=O) groups excluding carboxylic acids is 3. The minimum Gasteiger partial charge on any atom is -0.274 e. The molecule has 2 heterocycles. The molecule has 0 unspecified atom stereocenters. The van der Waals surface area contributed by atoms with Crippen LogP contribution >= 0.6 is 0 Å². The molecule has 1 saturated heterocycles. The Morgan fingerprint density at radius 3 is 2.19 bits per heavy atom. The van der Waals surface area contributed by atoms with E-state index in [0.717, 1.165) is 4.90 Å². The van der Waals surface area contributed by atoms with Gasteiger partial charge in [0.25, 0.3) is 11.8 Å². The van der Waals surface area contributed by atoms with Gasteiger partial charge in [0, 0.05) is 27.1 Å². The van der Waals surface area contributed by atoms with Crippen molar-refractivity contribution in [2.45, 2.75) is 18.9 Å². The average molecular weight is 379 g/mol. The zero-order valence-corrected chi connectivity index (χ0v) is 15.5. The van der Waals surface area contributed by atoms with Crippen LogP contribution in [-0.2, 0) is 14.6 Å². The Morgan fingerprint density at radius 2 is 1.73 bits per heavy atom. The Morgan fingerprint density at radius 1 is 1.15 bits per heavy atom. The van der Waals surface area contributed by atoms with Gasteiger partial charge in [-0.05, 0) is 18.6 Å². The maximum atomic E-state index is 12.7. The summed E-state index contributed by atoms with van der Waals surface area (Å²) in [5.74, 6) is -1.12. The molecule has 0 bridgehead atoms. The van der Waals surface area contributed by atoms with Gasteiger partial charge in [0.15, 0.2) is 9.84 Å². The second kappa shape index (κ2) is 6.81. The van der Waals surface area contributed by atoms with E-state index in [1.54, 1.807) is 43.4 Å². The van der Waals surface area contributed by atoms with E-state index < -0.39 is 27.7 Å². The molecule has 8 nitrogen and oxygen atoms in total. The van der Waals surface area contributed by atoms with Gasteiger partial charge in [-0.2, -0.15) is 0 Å². The number of carbonyl (C=O) groups is 3. The van der Waals surface area contributed by atoms with Crippen molar-refractivity contribution in [2.75, 3.05) is 32.1 Å². The van der Waals surface area contributed by atoms with Crippen LogP contribution < -0.4 is 0 Å². The van der Waals surface area contributed by atoms with Gasteiger partial charge in [0.1, 0.15) is 0 Å². The third kappa shape index (κ3) is 3.36. The van der Waals surface area contributed by atoms with E-state index in [9.17, 15) is 22.8 Å². The van der Waals surface area contributed by atoms with E-state index in [-0.39, 0.29) is 30.4 Å². The summed E-state index contributed by atoms with van der Waals surface area (Å²) in [4.78, 5) is 38.4. The Balaban J connectivity index is 1.68. The number of imide groups is 1. The quantitative estimate of drug-likeness (QED) is 0.534. The molecule has 3 rings (SSSR count). The van der Waals surface area contributed by atoms with Crippen LogP contribution in [0.5, 0.6) is 0 Å². The molecule has 1 fully saturated rings. The number of amides is 3. The number of hydrogen-bond donors (Lipinski definition) is 0. The first-order valence-electron chi connectivity index (χ1n) is 8.36. The van der Waals surface area contributed by atoms with Crippen LogP contribution in [0.4, 0.5) is 0 Å². The molecule has 9 heteroatoms. The minimum absolute atomic E-state index is 0.0327. The smallest absolute Gasteiger partial charge is 0.261 e. The van der Waals surface area contributed by atoms with Crippen molar-refractivity contribution in [3.63, 3.8) is 0 Å². The zero-order valence-electron chi connectivity index (χ0n) is 14.7. The lowest BCUT2D eigenvalue weighted by Crippen LogP contribution is -2.50. The molecule has 0 spiro atoms. The third-order valence-corrected chi connectivity index (χ3v) is 6.42. The Hall–Kier alpha value is -2.26. The molecule has 140 valence electrons. The Bertz CT molecular complexity index is 830. The van der Waals surface area contributed by atoms with E-state index in [2.05, 4.69) is 0 Å². The first kappa shape index (κ1) is 18.5. The molecule has 0 N–H and O–H groups in total. The summed E-state index contributed by atoms with van der Waals surface area (Å²) < 4.78 is 23.4. The highest BCUT2D eigenvalue weighted by Crippen LogP contribution is 2.23. The van der Waals surface area contributed by atoms with Crippen molar-refractivity contribution >= 4 is 27.6 Å². The molecular formula is C17H21N3O5S. The first-order valence-corrected chi connectivity index (χ1v) is 10.2. The van der Waals surface area contributed by atoms with Crippen LogP contribution in [0.1, 0.15) is 33.6 Å². The standard InChI is InChI=1S/C17H21N3O5S/c1-18(2)20(12-8-10-26(24,25)11-12)15(21)7-9-19-16(22)13-5-3-4-6-14(13)17(19)23/h3-6,12H,7-11H2,1-2H3/t12-/m1/s1. The highest BCUT2D eigenvalue weighted by Gasteiger charge is 2.38. The highest BCUT2D eigenvalue weighted by molar-refractivity contribution is 7.91. The molecule has 2 aliphatic rings. The number of hydrogen-bond acceptors (Lipinski definition) is 6. The normalized spacial score (nSPS) is 21.3. The summed E-state index contributed by atoms with van der Waals surface area (Å²) in [5.41, 5.74) is 0.688. The fraction of sp³-hybridized carbons (Fsp3) is 0.471. The molecule has 0 aromatic heterocycles. The lowest BCUT2D eigenvalue weighted by molar-refractivity contribution is -0.149. The summed E-state index contributed by atoms with van der Waals surface area (Å²) in [6.07, 6.45) is 0.333. The van der Waals surface area contributed by atoms with Gasteiger partial charge in [-0.1, -0.05) is 12.1 Å². The molecule has 2 aliphatic heterocycles. The van der Waals surface area contributed by atoms with Crippen molar-refractivity contribution in [3.05, 3.63) is 35.4 Å². The molecule has 0 radical (unpaired) electrons. The van der Waals surface area contributed by atoms with Gasteiger partial charge in [-0.15, -0.1) is 0 Å². The summed E-state index contributed by atoms with van der Waals surface area (Å²) in [7, 11) is 0.212. The molecule has 1 aromatic rings. The van der Waals surface area contributed by atoms with E-state index in [1.165, 1.54) is 5.01 Å². The van der Waals surface area contributed by atoms with Gasteiger partial charge in [0.2, 0.25) is 5.91 Å². The Labute approximate surface area is 152 Å². The lowest BCUT2D eigenvalue weighted by atomic mass is 10.1. The van der Waals surface area contributed by atoms with Crippen LogP contribution in [0.3, 0.4) is 0 Å². The van der Waals surface area contributed by atoms with E-state index in [0.29, 0.717) is 17.5 Å². The van der Waals surface area contributed by atoms with Gasteiger partial charge >= 0.3 is 0 Å². The molecule has 0 saturated carbocycles. The number of rotatable bonds is 5. The maximum absolute atomic E-state index is 12.7. The van der Waals surface area contributed by atoms with E-state index in [4.69, 9.17) is 0 Å². The molecule has 0 aliphatic carbocycles. The first-order chi connectivity index (χ1) is 12.2. The molecule has 1 atom stereocenters.